The lowest BCUT2D eigenvalue weighted by molar-refractivity contribution is -0.207. The van der Waals surface area contributed by atoms with E-state index >= 15 is 0 Å². The number of hydrogen-bond donors (Lipinski definition) is 1. The van der Waals surface area contributed by atoms with Gasteiger partial charge < -0.3 is 10.0 Å². The third-order valence-corrected chi connectivity index (χ3v) is 7.05. The SMILES string of the molecule is O=C(c1cccc(Cl)c1-n1cnc(Cn2nc(-c3ccc(Cl)cc3)n(CC(O)C(F)(F)F)c2=O)n1)N1CCC(F)(F)C1. The van der Waals surface area contributed by atoms with Crippen molar-refractivity contribution >= 4 is 29.1 Å². The monoisotopic (exact) mass is 631 g/mol. The Kier molecular flexibility index (Phi) is 7.85. The third kappa shape index (κ3) is 6.03. The summed E-state index contributed by atoms with van der Waals surface area (Å²) in [6.07, 6.45) is -7.13. The molecule has 0 saturated carbocycles. The maximum absolute atomic E-state index is 13.7. The lowest BCUT2D eigenvalue weighted by Crippen LogP contribution is -2.37. The molecule has 1 saturated heterocycles. The predicted octanol–water partition coefficient (Wildman–Crippen LogP) is 4.05. The van der Waals surface area contributed by atoms with E-state index < -0.39 is 55.9 Å². The Labute approximate surface area is 243 Å². The Hall–Kier alpha value is -3.82. The normalized spacial score (nSPS) is 15.8. The van der Waals surface area contributed by atoms with Gasteiger partial charge in [0.05, 0.1) is 29.4 Å². The third-order valence-electron chi connectivity index (χ3n) is 6.49. The summed E-state index contributed by atoms with van der Waals surface area (Å²) in [6.45, 7) is -2.42. The Morgan fingerprint density at radius 3 is 2.45 bits per heavy atom. The summed E-state index contributed by atoms with van der Waals surface area (Å²) in [7, 11) is 0. The highest BCUT2D eigenvalue weighted by molar-refractivity contribution is 6.33. The number of rotatable bonds is 7. The highest BCUT2D eigenvalue weighted by Crippen LogP contribution is 2.31. The van der Waals surface area contributed by atoms with E-state index in [1.165, 1.54) is 48.8 Å². The molecule has 2 aromatic heterocycles. The number of likely N-dealkylation sites (tertiary alicyclic amines) is 1. The first-order chi connectivity index (χ1) is 19.7. The number of carbonyl (C=O) groups is 1. The number of aliphatic hydroxyl groups excluding tert-OH is 1. The number of carbonyl (C=O) groups excluding carboxylic acids is 1. The van der Waals surface area contributed by atoms with Crippen molar-refractivity contribution in [3.63, 3.8) is 0 Å². The van der Waals surface area contributed by atoms with Crippen molar-refractivity contribution in [2.45, 2.75) is 37.7 Å². The summed E-state index contributed by atoms with van der Waals surface area (Å²) in [5.41, 5.74) is -0.673. The second-order valence-corrected chi connectivity index (χ2v) is 10.4. The molecule has 0 aliphatic carbocycles. The minimum absolute atomic E-state index is 0.00995. The van der Waals surface area contributed by atoms with Gasteiger partial charge >= 0.3 is 11.9 Å². The quantitative estimate of drug-likeness (QED) is 0.308. The maximum atomic E-state index is 13.7. The number of benzene rings is 2. The Morgan fingerprint density at radius 1 is 1.10 bits per heavy atom. The number of alkyl halides is 5. The van der Waals surface area contributed by atoms with E-state index in [2.05, 4.69) is 15.2 Å². The molecule has 222 valence electrons. The molecular weight excluding hydrogens is 612 g/mol. The van der Waals surface area contributed by atoms with E-state index in [9.17, 15) is 36.6 Å². The molecule has 0 bridgehead atoms. The van der Waals surface area contributed by atoms with Crippen LogP contribution in [0.5, 0.6) is 0 Å². The molecule has 0 radical (unpaired) electrons. The van der Waals surface area contributed by atoms with Crippen LogP contribution in [-0.4, -0.2) is 76.3 Å². The fourth-order valence-electron chi connectivity index (χ4n) is 4.41. The van der Waals surface area contributed by atoms with Gasteiger partial charge in [-0.25, -0.2) is 27.9 Å². The van der Waals surface area contributed by atoms with Gasteiger partial charge in [-0.3, -0.25) is 9.36 Å². The van der Waals surface area contributed by atoms with E-state index in [1.54, 1.807) is 0 Å². The molecule has 1 fully saturated rings. The molecule has 0 spiro atoms. The Bertz CT molecular complexity index is 1680. The standard InChI is InChI=1S/C25H20Cl2F5N7O3/c26-15-6-4-14(5-7-15)21-35-38(23(42)37(21)10-18(40)25(30,31)32)11-19-33-13-39(34-19)20-16(2-1-3-17(20)27)22(41)36-9-8-24(28,29)12-36/h1-7,13,18,40H,8-12H2. The van der Waals surface area contributed by atoms with Crippen LogP contribution in [0.25, 0.3) is 17.1 Å². The number of aromatic nitrogens is 6. The molecule has 2 aromatic carbocycles. The van der Waals surface area contributed by atoms with Crippen molar-refractivity contribution in [3.8, 4) is 17.1 Å². The second kappa shape index (κ2) is 11.1. The molecule has 1 unspecified atom stereocenters. The first kappa shape index (κ1) is 29.7. The van der Waals surface area contributed by atoms with Gasteiger partial charge in [-0.15, -0.1) is 10.2 Å². The van der Waals surface area contributed by atoms with Crippen LogP contribution < -0.4 is 5.69 Å². The average molecular weight is 632 g/mol. The molecule has 1 N–H and O–H groups in total. The first-order valence-electron chi connectivity index (χ1n) is 12.3. The molecule has 42 heavy (non-hydrogen) atoms. The minimum atomic E-state index is -4.99. The Balaban J connectivity index is 1.48. The molecule has 10 nitrogen and oxygen atoms in total. The molecule has 1 amide bonds. The van der Waals surface area contributed by atoms with Crippen LogP contribution in [0.2, 0.25) is 10.0 Å². The number of halogens is 7. The summed E-state index contributed by atoms with van der Waals surface area (Å²) in [5, 5.41) is 18.5. The molecule has 3 heterocycles. The summed E-state index contributed by atoms with van der Waals surface area (Å²) in [6, 6.07) is 10.2. The van der Waals surface area contributed by atoms with Gasteiger partial charge in [-0.05, 0) is 36.4 Å². The lowest BCUT2D eigenvalue weighted by Gasteiger charge is -2.18. The van der Waals surface area contributed by atoms with Crippen LogP contribution in [0, 0.1) is 0 Å². The zero-order valence-electron chi connectivity index (χ0n) is 21.3. The number of amides is 1. The van der Waals surface area contributed by atoms with Crippen LogP contribution >= 0.6 is 23.2 Å². The second-order valence-electron chi connectivity index (χ2n) is 9.51. The van der Waals surface area contributed by atoms with Crippen molar-refractivity contribution in [1.29, 1.82) is 0 Å². The van der Waals surface area contributed by atoms with E-state index in [0.29, 0.717) is 9.59 Å². The van der Waals surface area contributed by atoms with Crippen LogP contribution in [0.3, 0.4) is 0 Å². The van der Waals surface area contributed by atoms with E-state index in [0.717, 1.165) is 14.3 Å². The predicted molar refractivity (Wildman–Crippen MR) is 140 cm³/mol. The van der Waals surface area contributed by atoms with Crippen molar-refractivity contribution in [2.24, 2.45) is 0 Å². The molecule has 4 aromatic rings. The highest BCUT2D eigenvalue weighted by atomic mass is 35.5. The number of aliphatic hydroxyl groups is 1. The van der Waals surface area contributed by atoms with Crippen LogP contribution in [0.4, 0.5) is 22.0 Å². The van der Waals surface area contributed by atoms with Gasteiger partial charge in [-0.1, -0.05) is 29.3 Å². The largest absolute Gasteiger partial charge is 0.416 e. The van der Waals surface area contributed by atoms with E-state index in [4.69, 9.17) is 23.2 Å². The number of para-hydroxylation sites is 1. The Morgan fingerprint density at radius 2 is 1.81 bits per heavy atom. The molecule has 1 aliphatic heterocycles. The fraction of sp³-hybridized carbons (Fsp3) is 0.320. The van der Waals surface area contributed by atoms with Crippen molar-refractivity contribution in [2.75, 3.05) is 13.1 Å². The van der Waals surface area contributed by atoms with Crippen LogP contribution in [0.15, 0.2) is 53.6 Å². The van der Waals surface area contributed by atoms with Crippen LogP contribution in [0.1, 0.15) is 22.6 Å². The summed E-state index contributed by atoms with van der Waals surface area (Å²) in [4.78, 5) is 31.3. The first-order valence-corrected chi connectivity index (χ1v) is 13.0. The van der Waals surface area contributed by atoms with Crippen molar-refractivity contribution in [1.82, 2.24) is 34.0 Å². The summed E-state index contributed by atoms with van der Waals surface area (Å²) < 4.78 is 69.5. The zero-order valence-corrected chi connectivity index (χ0v) is 22.8. The maximum Gasteiger partial charge on any atom is 0.416 e. The fourth-order valence-corrected chi connectivity index (χ4v) is 4.80. The highest BCUT2D eigenvalue weighted by Gasteiger charge is 2.41. The van der Waals surface area contributed by atoms with E-state index in [-0.39, 0.29) is 40.0 Å². The molecule has 1 atom stereocenters. The summed E-state index contributed by atoms with van der Waals surface area (Å²) in [5.74, 6) is -3.90. The smallest absolute Gasteiger partial charge is 0.382 e. The van der Waals surface area contributed by atoms with Gasteiger partial charge in [-0.2, -0.15) is 13.2 Å². The minimum Gasteiger partial charge on any atom is -0.382 e. The number of hydrogen-bond acceptors (Lipinski definition) is 6. The van der Waals surface area contributed by atoms with Gasteiger partial charge in [0.1, 0.15) is 12.9 Å². The van der Waals surface area contributed by atoms with Gasteiger partial charge in [0, 0.05) is 23.6 Å². The van der Waals surface area contributed by atoms with Gasteiger partial charge in [0.2, 0.25) is 0 Å². The van der Waals surface area contributed by atoms with Gasteiger partial charge in [0.15, 0.2) is 17.8 Å². The van der Waals surface area contributed by atoms with E-state index in [1.807, 2.05) is 0 Å². The molecule has 1 aliphatic rings. The number of nitrogens with zero attached hydrogens (tertiary/aromatic N) is 7. The summed E-state index contributed by atoms with van der Waals surface area (Å²) >= 11 is 12.3. The lowest BCUT2D eigenvalue weighted by atomic mass is 10.1. The molecule has 17 heteroatoms. The molecular formula is C25H20Cl2F5N7O3. The van der Waals surface area contributed by atoms with Crippen molar-refractivity contribution in [3.05, 3.63) is 80.7 Å². The van der Waals surface area contributed by atoms with Gasteiger partial charge in [0.25, 0.3) is 11.8 Å². The topological polar surface area (TPSA) is 111 Å². The zero-order chi connectivity index (χ0) is 30.4. The molecule has 5 rings (SSSR count). The van der Waals surface area contributed by atoms with Crippen molar-refractivity contribution < 1.29 is 31.9 Å². The average Bonchev–Trinajstić information content (AvgIpc) is 3.62. The van der Waals surface area contributed by atoms with Crippen LogP contribution in [-0.2, 0) is 13.1 Å².